The van der Waals surface area contributed by atoms with Gasteiger partial charge in [-0.25, -0.2) is 9.18 Å². The SMILES string of the molecule is CC1=CCN(c2c(F)cccc2/C=C/C(=O)O)CC1. The molecule has 0 unspecified atom stereocenters. The molecule has 1 aliphatic rings. The maximum Gasteiger partial charge on any atom is 0.328 e. The van der Waals surface area contributed by atoms with Gasteiger partial charge in [-0.3, -0.25) is 0 Å². The number of carboxylic acid groups (broad SMARTS) is 1. The zero-order valence-corrected chi connectivity index (χ0v) is 10.8. The lowest BCUT2D eigenvalue weighted by Gasteiger charge is -2.29. The van der Waals surface area contributed by atoms with Crippen molar-refractivity contribution in [3.8, 4) is 0 Å². The maximum absolute atomic E-state index is 14.0. The average molecular weight is 261 g/mol. The smallest absolute Gasteiger partial charge is 0.328 e. The summed E-state index contributed by atoms with van der Waals surface area (Å²) in [6.07, 6.45) is 5.44. The molecule has 1 heterocycles. The molecule has 1 aromatic carbocycles. The summed E-state index contributed by atoms with van der Waals surface area (Å²) in [5, 5.41) is 8.68. The molecule has 0 bridgehead atoms. The minimum Gasteiger partial charge on any atom is -0.478 e. The third-order valence-corrected chi connectivity index (χ3v) is 3.18. The number of rotatable bonds is 3. The summed E-state index contributed by atoms with van der Waals surface area (Å²) in [5.74, 6) is -1.36. The van der Waals surface area contributed by atoms with E-state index in [1.54, 1.807) is 12.1 Å². The topological polar surface area (TPSA) is 40.5 Å². The first-order valence-corrected chi connectivity index (χ1v) is 6.18. The molecule has 0 spiro atoms. The number of aliphatic carboxylic acids is 1. The van der Waals surface area contributed by atoms with Gasteiger partial charge < -0.3 is 10.0 Å². The molecule has 19 heavy (non-hydrogen) atoms. The largest absolute Gasteiger partial charge is 0.478 e. The van der Waals surface area contributed by atoms with Gasteiger partial charge in [-0.05, 0) is 25.5 Å². The summed E-state index contributed by atoms with van der Waals surface area (Å²) in [5.41, 5.74) is 2.37. The predicted molar refractivity (Wildman–Crippen MR) is 73.7 cm³/mol. The molecule has 0 saturated heterocycles. The molecule has 1 aliphatic heterocycles. The van der Waals surface area contributed by atoms with E-state index in [1.807, 2.05) is 4.90 Å². The van der Waals surface area contributed by atoms with E-state index in [1.165, 1.54) is 17.7 Å². The summed E-state index contributed by atoms with van der Waals surface area (Å²) in [7, 11) is 0. The van der Waals surface area contributed by atoms with Crippen molar-refractivity contribution in [3.05, 3.63) is 47.3 Å². The average Bonchev–Trinajstić information content (AvgIpc) is 2.38. The highest BCUT2D eigenvalue weighted by molar-refractivity contribution is 5.87. The molecule has 100 valence electrons. The zero-order valence-electron chi connectivity index (χ0n) is 10.8. The van der Waals surface area contributed by atoms with Crippen LogP contribution in [0.15, 0.2) is 35.9 Å². The molecule has 0 amide bonds. The lowest BCUT2D eigenvalue weighted by molar-refractivity contribution is -0.131. The van der Waals surface area contributed by atoms with E-state index >= 15 is 0 Å². The van der Waals surface area contributed by atoms with Crippen LogP contribution in [-0.4, -0.2) is 24.2 Å². The van der Waals surface area contributed by atoms with Crippen molar-refractivity contribution in [1.29, 1.82) is 0 Å². The van der Waals surface area contributed by atoms with E-state index in [0.29, 0.717) is 17.8 Å². The van der Waals surface area contributed by atoms with Crippen LogP contribution in [-0.2, 0) is 4.79 Å². The number of halogens is 1. The lowest BCUT2D eigenvalue weighted by atomic mass is 10.1. The van der Waals surface area contributed by atoms with E-state index in [9.17, 15) is 9.18 Å². The van der Waals surface area contributed by atoms with Crippen LogP contribution in [0.3, 0.4) is 0 Å². The van der Waals surface area contributed by atoms with Crippen molar-refractivity contribution in [1.82, 2.24) is 0 Å². The molecule has 0 atom stereocenters. The Hall–Kier alpha value is -2.10. The molecule has 1 N–H and O–H groups in total. The maximum atomic E-state index is 14.0. The summed E-state index contributed by atoms with van der Waals surface area (Å²) < 4.78 is 14.0. The highest BCUT2D eigenvalue weighted by atomic mass is 19.1. The molecule has 0 fully saturated rings. The van der Waals surface area contributed by atoms with Gasteiger partial charge in [-0.1, -0.05) is 23.8 Å². The summed E-state index contributed by atoms with van der Waals surface area (Å²) >= 11 is 0. The van der Waals surface area contributed by atoms with Crippen molar-refractivity contribution in [3.63, 3.8) is 0 Å². The van der Waals surface area contributed by atoms with Crippen molar-refractivity contribution in [2.75, 3.05) is 18.0 Å². The van der Waals surface area contributed by atoms with E-state index in [0.717, 1.165) is 19.0 Å². The molecule has 0 saturated carbocycles. The second-order valence-corrected chi connectivity index (χ2v) is 4.60. The van der Waals surface area contributed by atoms with E-state index < -0.39 is 5.97 Å². The predicted octanol–water partition coefficient (Wildman–Crippen LogP) is 3.08. The van der Waals surface area contributed by atoms with Crippen molar-refractivity contribution < 1.29 is 14.3 Å². The Kier molecular flexibility index (Phi) is 4.00. The fourth-order valence-electron chi connectivity index (χ4n) is 2.13. The van der Waals surface area contributed by atoms with Crippen LogP contribution in [0.1, 0.15) is 18.9 Å². The second-order valence-electron chi connectivity index (χ2n) is 4.60. The third kappa shape index (κ3) is 3.22. The molecule has 0 aromatic heterocycles. The van der Waals surface area contributed by atoms with Gasteiger partial charge in [0, 0.05) is 24.7 Å². The Bertz CT molecular complexity index is 549. The van der Waals surface area contributed by atoms with Gasteiger partial charge in [0.25, 0.3) is 0 Å². The van der Waals surface area contributed by atoms with E-state index in [4.69, 9.17) is 5.11 Å². The molecule has 3 nitrogen and oxygen atoms in total. The van der Waals surface area contributed by atoms with Gasteiger partial charge >= 0.3 is 5.97 Å². The van der Waals surface area contributed by atoms with Crippen LogP contribution in [0.2, 0.25) is 0 Å². The minimum atomic E-state index is -1.04. The van der Waals surface area contributed by atoms with Gasteiger partial charge in [-0.2, -0.15) is 0 Å². The molecular weight excluding hydrogens is 245 g/mol. The number of para-hydroxylation sites is 1. The van der Waals surface area contributed by atoms with Gasteiger partial charge in [0.15, 0.2) is 0 Å². The van der Waals surface area contributed by atoms with Crippen LogP contribution in [0, 0.1) is 5.82 Å². The van der Waals surface area contributed by atoms with Crippen molar-refractivity contribution >= 4 is 17.7 Å². The van der Waals surface area contributed by atoms with Gasteiger partial charge in [-0.15, -0.1) is 0 Å². The molecule has 1 aromatic rings. The standard InChI is InChI=1S/C15H16FNO2/c1-11-7-9-17(10-8-11)15-12(5-6-14(18)19)3-2-4-13(15)16/h2-7H,8-10H2,1H3,(H,18,19)/b6-5+. The Labute approximate surface area is 111 Å². The second kappa shape index (κ2) is 5.69. The molecule has 4 heteroatoms. The van der Waals surface area contributed by atoms with Crippen LogP contribution in [0.4, 0.5) is 10.1 Å². The fraction of sp³-hybridized carbons (Fsp3) is 0.267. The normalized spacial score (nSPS) is 15.7. The van der Waals surface area contributed by atoms with Crippen molar-refractivity contribution in [2.45, 2.75) is 13.3 Å². The Morgan fingerprint density at radius 1 is 1.47 bits per heavy atom. The van der Waals surface area contributed by atoms with Crippen molar-refractivity contribution in [2.24, 2.45) is 0 Å². The molecule has 0 aliphatic carbocycles. The number of hydrogen-bond acceptors (Lipinski definition) is 2. The third-order valence-electron chi connectivity index (χ3n) is 3.18. The first kappa shape index (κ1) is 13.3. The Balaban J connectivity index is 2.35. The molecule has 2 rings (SSSR count). The minimum absolute atomic E-state index is 0.319. The Morgan fingerprint density at radius 3 is 2.89 bits per heavy atom. The van der Waals surface area contributed by atoms with Crippen LogP contribution in [0.25, 0.3) is 6.08 Å². The number of benzene rings is 1. The van der Waals surface area contributed by atoms with Crippen LogP contribution in [0.5, 0.6) is 0 Å². The van der Waals surface area contributed by atoms with Gasteiger partial charge in [0.2, 0.25) is 0 Å². The number of hydrogen-bond donors (Lipinski definition) is 1. The van der Waals surface area contributed by atoms with Gasteiger partial charge in [0.1, 0.15) is 5.82 Å². The zero-order chi connectivity index (χ0) is 13.8. The fourth-order valence-corrected chi connectivity index (χ4v) is 2.13. The summed E-state index contributed by atoms with van der Waals surface area (Å²) in [6.45, 7) is 3.46. The first-order valence-electron chi connectivity index (χ1n) is 6.18. The Morgan fingerprint density at radius 2 is 2.26 bits per heavy atom. The van der Waals surface area contributed by atoms with Gasteiger partial charge in [0.05, 0.1) is 5.69 Å². The monoisotopic (exact) mass is 261 g/mol. The van der Waals surface area contributed by atoms with E-state index in [-0.39, 0.29) is 5.82 Å². The quantitative estimate of drug-likeness (QED) is 0.671. The lowest BCUT2D eigenvalue weighted by Crippen LogP contribution is -2.29. The number of nitrogens with zero attached hydrogens (tertiary/aromatic N) is 1. The molecule has 0 radical (unpaired) electrons. The highest BCUT2D eigenvalue weighted by Gasteiger charge is 2.16. The van der Waals surface area contributed by atoms with E-state index in [2.05, 4.69) is 13.0 Å². The number of carboxylic acids is 1. The first-order chi connectivity index (χ1) is 9.08. The number of anilines is 1. The van der Waals surface area contributed by atoms with Crippen LogP contribution < -0.4 is 4.90 Å². The highest BCUT2D eigenvalue weighted by Crippen LogP contribution is 2.28. The summed E-state index contributed by atoms with van der Waals surface area (Å²) in [4.78, 5) is 12.5. The summed E-state index contributed by atoms with van der Waals surface area (Å²) in [6, 6.07) is 4.72. The number of carbonyl (C=O) groups is 1. The van der Waals surface area contributed by atoms with Crippen LogP contribution >= 0.6 is 0 Å². The molecular formula is C15H16FNO2.